The zero-order valence-corrected chi connectivity index (χ0v) is 19.2. The van der Waals surface area contributed by atoms with E-state index in [9.17, 15) is 14.9 Å². The van der Waals surface area contributed by atoms with Gasteiger partial charge in [0.25, 0.3) is 11.6 Å². The molecule has 0 saturated carbocycles. The van der Waals surface area contributed by atoms with E-state index < -0.39 is 4.92 Å². The van der Waals surface area contributed by atoms with Crippen molar-refractivity contribution in [1.29, 1.82) is 0 Å². The third-order valence-corrected chi connectivity index (χ3v) is 6.93. The number of nitro benzene ring substituents is 1. The van der Waals surface area contributed by atoms with Gasteiger partial charge in [0.1, 0.15) is 6.54 Å². The van der Waals surface area contributed by atoms with Gasteiger partial charge in [0, 0.05) is 24.2 Å². The van der Waals surface area contributed by atoms with Crippen molar-refractivity contribution in [1.82, 2.24) is 25.1 Å². The highest BCUT2D eigenvalue weighted by Crippen LogP contribution is 2.34. The number of fused-ring (bicyclic) bond motifs is 1. The molecule has 0 bridgehead atoms. The molecule has 3 aromatic rings. The monoisotopic (exact) mass is 484 g/mol. The highest BCUT2D eigenvalue weighted by Gasteiger charge is 2.27. The Hall–Kier alpha value is -3.71. The topological polar surface area (TPSA) is 130 Å². The molecule has 1 amide bonds. The van der Waals surface area contributed by atoms with Gasteiger partial charge in [-0.25, -0.2) is 4.68 Å². The number of tetrazole rings is 1. The molecule has 1 aromatic heterocycles. The largest absolute Gasteiger partial charge is 0.454 e. The summed E-state index contributed by atoms with van der Waals surface area (Å²) < 4.78 is 12.2. The molecular formula is C21H22N7O5S+. The SMILES string of the molecule is Cn1nnnc1Sc1ccc(C(=O)N2CC[NH+](Cc3ccc4c(c3)OCO4)CC2)cc1[N+](=O)[O-]. The average molecular weight is 485 g/mol. The molecule has 0 aliphatic carbocycles. The summed E-state index contributed by atoms with van der Waals surface area (Å²) in [7, 11) is 1.65. The number of piperazine rings is 1. The number of hydrogen-bond acceptors (Lipinski definition) is 9. The molecule has 0 atom stereocenters. The number of rotatable bonds is 6. The Morgan fingerprint density at radius 1 is 1.18 bits per heavy atom. The summed E-state index contributed by atoms with van der Waals surface area (Å²) in [5, 5.41) is 23.2. The van der Waals surface area contributed by atoms with E-state index in [-0.39, 0.29) is 18.4 Å². The van der Waals surface area contributed by atoms with Crippen molar-refractivity contribution < 1.29 is 24.1 Å². The number of nitro groups is 1. The number of aryl methyl sites for hydroxylation is 1. The predicted molar refractivity (Wildman–Crippen MR) is 119 cm³/mol. The van der Waals surface area contributed by atoms with Crippen molar-refractivity contribution in [2.45, 2.75) is 16.6 Å². The number of nitrogens with zero attached hydrogens (tertiary/aromatic N) is 6. The van der Waals surface area contributed by atoms with Gasteiger partial charge in [0.05, 0.1) is 36.0 Å². The second kappa shape index (κ2) is 9.27. The molecule has 2 aromatic carbocycles. The summed E-state index contributed by atoms with van der Waals surface area (Å²) in [6, 6.07) is 10.5. The minimum Gasteiger partial charge on any atom is -0.454 e. The van der Waals surface area contributed by atoms with Crippen LogP contribution in [0.4, 0.5) is 5.69 Å². The number of ether oxygens (including phenoxy) is 2. The zero-order chi connectivity index (χ0) is 23.7. The van der Waals surface area contributed by atoms with Crippen LogP contribution in [0.2, 0.25) is 0 Å². The van der Waals surface area contributed by atoms with Crippen LogP contribution in [-0.4, -0.2) is 68.9 Å². The fraction of sp³-hybridized carbons (Fsp3) is 0.333. The summed E-state index contributed by atoms with van der Waals surface area (Å²) in [6.45, 7) is 3.81. The molecular weight excluding hydrogens is 462 g/mol. The van der Waals surface area contributed by atoms with Crippen molar-refractivity contribution in [2.75, 3.05) is 33.0 Å². The van der Waals surface area contributed by atoms with E-state index in [4.69, 9.17) is 9.47 Å². The minimum absolute atomic E-state index is 0.147. The lowest BCUT2D eigenvalue weighted by Gasteiger charge is -2.32. The van der Waals surface area contributed by atoms with Gasteiger partial charge in [0.2, 0.25) is 11.9 Å². The average Bonchev–Trinajstić information content (AvgIpc) is 3.47. The summed E-state index contributed by atoms with van der Waals surface area (Å²) in [6.07, 6.45) is 0. The number of aromatic nitrogens is 4. The number of nitrogens with one attached hydrogen (secondary N) is 1. The molecule has 34 heavy (non-hydrogen) atoms. The van der Waals surface area contributed by atoms with Crippen LogP contribution >= 0.6 is 11.8 Å². The maximum Gasteiger partial charge on any atom is 0.284 e. The molecule has 2 aliphatic heterocycles. The van der Waals surface area contributed by atoms with Gasteiger partial charge < -0.3 is 19.3 Å². The fourth-order valence-corrected chi connectivity index (χ4v) is 4.83. The third kappa shape index (κ3) is 4.52. The molecule has 0 spiro atoms. The van der Waals surface area contributed by atoms with E-state index in [0.29, 0.717) is 28.7 Å². The second-order valence-corrected chi connectivity index (χ2v) is 9.04. The minimum atomic E-state index is -0.490. The molecule has 0 unspecified atom stereocenters. The Balaban J connectivity index is 1.23. The van der Waals surface area contributed by atoms with Crippen LogP contribution in [0.25, 0.3) is 0 Å². The Labute approximate surface area is 198 Å². The Morgan fingerprint density at radius 2 is 1.97 bits per heavy atom. The van der Waals surface area contributed by atoms with Gasteiger partial charge in [-0.1, -0.05) is 0 Å². The van der Waals surface area contributed by atoms with Crippen molar-refractivity contribution in [3.63, 3.8) is 0 Å². The Bertz CT molecular complexity index is 1240. The first kappa shape index (κ1) is 22.1. The van der Waals surface area contributed by atoms with Crippen molar-refractivity contribution in [3.05, 3.63) is 57.6 Å². The van der Waals surface area contributed by atoms with Crippen molar-refractivity contribution in [3.8, 4) is 11.5 Å². The lowest BCUT2D eigenvalue weighted by Crippen LogP contribution is -3.13. The first-order valence-electron chi connectivity index (χ1n) is 10.7. The van der Waals surface area contributed by atoms with Gasteiger partial charge in [-0.2, -0.15) is 0 Å². The smallest absolute Gasteiger partial charge is 0.284 e. The first-order valence-corrected chi connectivity index (χ1v) is 11.5. The fourth-order valence-electron chi connectivity index (χ4n) is 4.01. The first-order chi connectivity index (χ1) is 16.5. The zero-order valence-electron chi connectivity index (χ0n) is 18.3. The van der Waals surface area contributed by atoms with Crippen LogP contribution in [0.1, 0.15) is 15.9 Å². The van der Waals surface area contributed by atoms with Crippen LogP contribution < -0.4 is 14.4 Å². The van der Waals surface area contributed by atoms with Crippen LogP contribution in [0.5, 0.6) is 11.5 Å². The van der Waals surface area contributed by atoms with E-state index in [1.165, 1.54) is 15.6 Å². The van der Waals surface area contributed by atoms with E-state index >= 15 is 0 Å². The molecule has 0 radical (unpaired) electrons. The maximum atomic E-state index is 13.1. The normalized spacial score (nSPS) is 15.5. The van der Waals surface area contributed by atoms with Gasteiger partial charge in [-0.15, -0.1) is 5.10 Å². The van der Waals surface area contributed by atoms with Crippen LogP contribution in [-0.2, 0) is 13.6 Å². The second-order valence-electron chi connectivity index (χ2n) is 8.03. The molecule has 12 nitrogen and oxygen atoms in total. The predicted octanol–water partition coefficient (Wildman–Crippen LogP) is 0.539. The molecule has 13 heteroatoms. The van der Waals surface area contributed by atoms with E-state index in [0.717, 1.165) is 48.5 Å². The van der Waals surface area contributed by atoms with Gasteiger partial charge in [-0.3, -0.25) is 14.9 Å². The van der Waals surface area contributed by atoms with Gasteiger partial charge in [0.15, 0.2) is 11.5 Å². The summed E-state index contributed by atoms with van der Waals surface area (Å²) in [4.78, 5) is 27.7. The standard InChI is InChI=1S/C21H21N7O5S/c1-25-21(22-23-24-25)34-19-5-3-15(11-16(19)28(30)31)20(29)27-8-6-26(7-9-27)12-14-2-4-17-18(10-14)33-13-32-17/h2-5,10-11H,6-9,12-13H2,1H3/p+1. The highest BCUT2D eigenvalue weighted by atomic mass is 32.2. The number of carbonyl (C=O) groups excluding carboxylic acids is 1. The molecule has 1 N–H and O–H groups in total. The van der Waals surface area contributed by atoms with E-state index in [1.54, 1.807) is 24.1 Å². The number of quaternary nitrogens is 1. The van der Waals surface area contributed by atoms with Crippen LogP contribution in [0.3, 0.4) is 0 Å². The van der Waals surface area contributed by atoms with Crippen LogP contribution in [0, 0.1) is 10.1 Å². The van der Waals surface area contributed by atoms with E-state index in [1.807, 2.05) is 18.2 Å². The summed E-state index contributed by atoms with van der Waals surface area (Å²) >= 11 is 1.08. The number of carbonyl (C=O) groups is 1. The molecule has 2 aliphatic rings. The van der Waals surface area contributed by atoms with Crippen molar-refractivity contribution in [2.24, 2.45) is 7.05 Å². The lowest BCUT2D eigenvalue weighted by molar-refractivity contribution is -0.917. The van der Waals surface area contributed by atoms with E-state index in [2.05, 4.69) is 15.5 Å². The van der Waals surface area contributed by atoms with Crippen molar-refractivity contribution >= 4 is 23.4 Å². The Kier molecular flexibility index (Phi) is 6.02. The Morgan fingerprint density at radius 3 is 2.71 bits per heavy atom. The molecule has 3 heterocycles. The molecule has 1 saturated heterocycles. The molecule has 176 valence electrons. The summed E-state index contributed by atoms with van der Waals surface area (Å²) in [5.41, 5.74) is 1.30. The molecule has 1 fully saturated rings. The third-order valence-electron chi connectivity index (χ3n) is 5.83. The van der Waals surface area contributed by atoms with Crippen LogP contribution in [0.15, 0.2) is 46.5 Å². The molecule has 5 rings (SSSR count). The maximum absolute atomic E-state index is 13.1. The van der Waals surface area contributed by atoms with Gasteiger partial charge in [-0.05, 0) is 52.5 Å². The number of amides is 1. The number of hydrogen-bond donors (Lipinski definition) is 1. The number of benzene rings is 2. The van der Waals surface area contributed by atoms with Gasteiger partial charge >= 0.3 is 0 Å². The quantitative estimate of drug-likeness (QED) is 0.393. The summed E-state index contributed by atoms with van der Waals surface area (Å²) in [5.74, 6) is 1.33. The lowest BCUT2D eigenvalue weighted by atomic mass is 10.1. The highest BCUT2D eigenvalue weighted by molar-refractivity contribution is 7.99.